The number of rotatable bonds is 1. The van der Waals surface area contributed by atoms with Gasteiger partial charge in [0, 0.05) is 0 Å². The van der Waals surface area contributed by atoms with E-state index in [9.17, 15) is 4.79 Å². The Hall–Kier alpha value is -0.920. The van der Waals surface area contributed by atoms with Gasteiger partial charge < -0.3 is 5.32 Å². The van der Waals surface area contributed by atoms with E-state index in [1.807, 2.05) is 0 Å². The fraction of sp³-hybridized carbons (Fsp3) is 0.400. The van der Waals surface area contributed by atoms with E-state index in [0.717, 1.165) is 0 Å². The Kier molecular flexibility index (Phi) is 5.63. The Balaban J connectivity index is 3.27. The van der Waals surface area contributed by atoms with Crippen molar-refractivity contribution in [3.8, 4) is 11.8 Å². The maximum Gasteiger partial charge on any atom is 0.339 e. The second-order valence-electron chi connectivity index (χ2n) is 1.28. The van der Waals surface area contributed by atoms with Crippen molar-refractivity contribution in [2.24, 2.45) is 0 Å². The molecule has 0 unspecified atom stereocenters. The number of hydrogen-bond donors (Lipinski definition) is 3. The van der Waals surface area contributed by atoms with Gasteiger partial charge in [0.05, 0.1) is 12.4 Å². The maximum atomic E-state index is 10.2. The molecule has 5 heteroatoms. The first-order valence-electron chi connectivity index (χ1n) is 2.51. The van der Waals surface area contributed by atoms with Crippen LogP contribution in [0.5, 0.6) is 0 Å². The van der Waals surface area contributed by atoms with Crippen molar-refractivity contribution in [2.45, 2.75) is 0 Å². The zero-order chi connectivity index (χ0) is 7.82. The summed E-state index contributed by atoms with van der Waals surface area (Å²) in [6.45, 7) is 0.180. The van der Waals surface area contributed by atoms with Crippen molar-refractivity contribution in [3.63, 3.8) is 0 Å². The van der Waals surface area contributed by atoms with Crippen molar-refractivity contribution in [1.29, 1.82) is 0 Å². The molecule has 0 bridgehead atoms. The van der Waals surface area contributed by atoms with Crippen LogP contribution in [0.15, 0.2) is 0 Å². The van der Waals surface area contributed by atoms with Crippen LogP contribution >= 0.6 is 11.6 Å². The fourth-order valence-electron chi connectivity index (χ4n) is 0.274. The van der Waals surface area contributed by atoms with Crippen LogP contribution in [0.25, 0.3) is 0 Å². The topological polar surface area (TPSA) is 61.4 Å². The lowest BCUT2D eigenvalue weighted by Crippen LogP contribution is -2.33. The molecule has 2 amide bonds. The number of halogens is 1. The van der Waals surface area contributed by atoms with E-state index in [0.29, 0.717) is 0 Å². The van der Waals surface area contributed by atoms with Gasteiger partial charge in [-0.25, -0.2) is 10.3 Å². The van der Waals surface area contributed by atoms with Crippen molar-refractivity contribution in [1.82, 2.24) is 10.8 Å². The number of hydrogen-bond acceptors (Lipinski definition) is 2. The average molecular weight is 163 g/mol. The average Bonchev–Trinajstić information content (AvgIpc) is 1.98. The van der Waals surface area contributed by atoms with Crippen LogP contribution in [-0.4, -0.2) is 23.7 Å². The van der Waals surface area contributed by atoms with Crippen LogP contribution in [0.3, 0.4) is 0 Å². The highest BCUT2D eigenvalue weighted by atomic mass is 35.5. The molecule has 0 heterocycles. The van der Waals surface area contributed by atoms with Gasteiger partial charge in [-0.15, -0.1) is 11.6 Å². The molecule has 0 saturated heterocycles. The van der Waals surface area contributed by atoms with Crippen molar-refractivity contribution in [3.05, 3.63) is 0 Å². The van der Waals surface area contributed by atoms with E-state index in [1.165, 1.54) is 5.48 Å². The van der Waals surface area contributed by atoms with E-state index in [4.69, 9.17) is 16.8 Å². The lowest BCUT2D eigenvalue weighted by atomic mass is 10.6. The molecule has 0 aromatic heterocycles. The molecule has 0 aliphatic heterocycles. The minimum Gasteiger partial charge on any atom is -0.325 e. The number of alkyl halides is 1. The predicted molar refractivity (Wildman–Crippen MR) is 36.8 cm³/mol. The van der Waals surface area contributed by atoms with Gasteiger partial charge in [-0.05, 0) is 0 Å². The highest BCUT2D eigenvalue weighted by Gasteiger charge is 1.90. The summed E-state index contributed by atoms with van der Waals surface area (Å²) >= 11 is 5.20. The van der Waals surface area contributed by atoms with Gasteiger partial charge in [-0.3, -0.25) is 5.21 Å². The lowest BCUT2D eigenvalue weighted by Gasteiger charge is -1.95. The Bertz CT molecular complexity index is 161. The Morgan fingerprint density at radius 2 is 2.30 bits per heavy atom. The molecule has 4 nitrogen and oxygen atoms in total. The summed E-state index contributed by atoms with van der Waals surface area (Å²) in [5, 5.41) is 10.2. The quantitative estimate of drug-likeness (QED) is 0.219. The van der Waals surface area contributed by atoms with Crippen molar-refractivity contribution in [2.75, 3.05) is 12.4 Å². The highest BCUT2D eigenvalue weighted by Crippen LogP contribution is 1.66. The largest absolute Gasteiger partial charge is 0.339 e. The summed E-state index contributed by atoms with van der Waals surface area (Å²) in [5.41, 5.74) is 1.39. The van der Waals surface area contributed by atoms with E-state index < -0.39 is 6.03 Å². The number of nitrogens with one attached hydrogen (secondary N) is 2. The van der Waals surface area contributed by atoms with E-state index in [2.05, 4.69) is 17.2 Å². The van der Waals surface area contributed by atoms with Gasteiger partial charge in [0.15, 0.2) is 0 Å². The smallest absolute Gasteiger partial charge is 0.325 e. The zero-order valence-corrected chi connectivity index (χ0v) is 5.90. The maximum absolute atomic E-state index is 10.2. The number of hydroxylamine groups is 1. The van der Waals surface area contributed by atoms with E-state index in [-0.39, 0.29) is 12.4 Å². The summed E-state index contributed by atoms with van der Waals surface area (Å²) in [6, 6.07) is -0.677. The fourth-order valence-corrected chi connectivity index (χ4v) is 0.368. The van der Waals surface area contributed by atoms with Crippen molar-refractivity contribution >= 4 is 17.6 Å². The van der Waals surface area contributed by atoms with Gasteiger partial charge in [0.1, 0.15) is 0 Å². The second kappa shape index (κ2) is 6.20. The summed E-state index contributed by atoms with van der Waals surface area (Å²) < 4.78 is 0. The van der Waals surface area contributed by atoms with Crippen LogP contribution < -0.4 is 10.8 Å². The van der Waals surface area contributed by atoms with Crippen LogP contribution in [0.1, 0.15) is 0 Å². The molecule has 0 aliphatic rings. The first-order chi connectivity index (χ1) is 4.81. The molecule has 10 heavy (non-hydrogen) atoms. The molecule has 0 aromatic rings. The van der Waals surface area contributed by atoms with Crippen LogP contribution in [0.4, 0.5) is 4.79 Å². The Morgan fingerprint density at radius 1 is 1.60 bits per heavy atom. The van der Waals surface area contributed by atoms with Crippen molar-refractivity contribution < 1.29 is 10.0 Å². The molecule has 0 radical (unpaired) electrons. The Morgan fingerprint density at radius 3 is 2.80 bits per heavy atom. The lowest BCUT2D eigenvalue weighted by molar-refractivity contribution is 0.162. The third-order valence-electron chi connectivity index (χ3n) is 0.631. The van der Waals surface area contributed by atoms with Gasteiger partial charge in [-0.1, -0.05) is 11.8 Å². The van der Waals surface area contributed by atoms with E-state index >= 15 is 0 Å². The van der Waals surface area contributed by atoms with Crippen LogP contribution in [0.2, 0.25) is 0 Å². The molecule has 0 fully saturated rings. The number of urea groups is 1. The molecule has 0 saturated carbocycles. The molecular formula is C5H7ClN2O2. The number of carbonyl (C=O) groups excluding carboxylic acids is 1. The monoisotopic (exact) mass is 162 g/mol. The summed E-state index contributed by atoms with van der Waals surface area (Å²) in [7, 11) is 0. The number of amides is 2. The Labute approximate surface area is 63.5 Å². The molecule has 0 spiro atoms. The van der Waals surface area contributed by atoms with E-state index in [1.54, 1.807) is 0 Å². The second-order valence-corrected chi connectivity index (χ2v) is 1.55. The molecule has 0 rings (SSSR count). The zero-order valence-electron chi connectivity index (χ0n) is 5.15. The minimum absolute atomic E-state index is 0.180. The van der Waals surface area contributed by atoms with Gasteiger partial charge in [0.25, 0.3) is 0 Å². The van der Waals surface area contributed by atoms with Gasteiger partial charge >= 0.3 is 6.03 Å². The van der Waals surface area contributed by atoms with Gasteiger partial charge in [-0.2, -0.15) is 0 Å². The first-order valence-corrected chi connectivity index (χ1v) is 3.04. The predicted octanol–water partition coefficient (Wildman–Crippen LogP) is -0.0830. The SMILES string of the molecule is O=C(NO)NCC#CCCl. The van der Waals surface area contributed by atoms with Crippen LogP contribution in [0, 0.1) is 11.8 Å². The molecule has 0 aliphatic carbocycles. The molecule has 0 aromatic carbocycles. The minimum atomic E-state index is -0.677. The third kappa shape index (κ3) is 5.22. The van der Waals surface area contributed by atoms with Gasteiger partial charge in [0.2, 0.25) is 0 Å². The number of carbonyl (C=O) groups is 1. The summed E-state index contributed by atoms with van der Waals surface area (Å²) in [4.78, 5) is 10.2. The standard InChI is InChI=1S/C5H7ClN2O2/c6-3-1-2-4-7-5(9)8-10/h10H,3-4H2,(H2,7,8,9). The normalized spacial score (nSPS) is 7.40. The van der Waals surface area contributed by atoms with Crippen LogP contribution in [-0.2, 0) is 0 Å². The summed E-state index contributed by atoms with van der Waals surface area (Å²) in [6.07, 6.45) is 0. The third-order valence-corrected chi connectivity index (χ3v) is 0.764. The molecular weight excluding hydrogens is 156 g/mol. The first kappa shape index (κ1) is 9.08. The highest BCUT2D eigenvalue weighted by molar-refractivity contribution is 6.19. The summed E-state index contributed by atoms with van der Waals surface area (Å²) in [5.74, 6) is 5.29. The molecule has 3 N–H and O–H groups in total. The molecule has 0 atom stereocenters. The molecule has 56 valence electrons.